The molecule has 0 aliphatic heterocycles. The lowest BCUT2D eigenvalue weighted by Crippen LogP contribution is -2.28. The first-order chi connectivity index (χ1) is 13.0. The van der Waals surface area contributed by atoms with Crippen LogP contribution in [0.2, 0.25) is 0 Å². The lowest BCUT2D eigenvalue weighted by atomic mass is 10.0. The van der Waals surface area contributed by atoms with E-state index in [0.717, 1.165) is 30.1 Å². The molecule has 1 amide bonds. The van der Waals surface area contributed by atoms with Crippen LogP contribution in [0.1, 0.15) is 45.8 Å². The van der Waals surface area contributed by atoms with Crippen LogP contribution in [0.5, 0.6) is 0 Å². The van der Waals surface area contributed by atoms with E-state index in [-0.39, 0.29) is 11.8 Å². The molecule has 1 N–H and O–H groups in total. The van der Waals surface area contributed by atoms with Crippen molar-refractivity contribution in [2.75, 3.05) is 6.54 Å². The van der Waals surface area contributed by atoms with E-state index in [0.29, 0.717) is 23.5 Å². The maximum absolute atomic E-state index is 13.0. The van der Waals surface area contributed by atoms with Gasteiger partial charge in [-0.15, -0.1) is 11.3 Å². The first-order valence-electron chi connectivity index (χ1n) is 8.76. The molecule has 3 rings (SSSR count). The van der Waals surface area contributed by atoms with Crippen LogP contribution >= 0.6 is 11.3 Å². The second-order valence-electron chi connectivity index (χ2n) is 6.37. The Morgan fingerprint density at radius 3 is 2.59 bits per heavy atom. The van der Waals surface area contributed by atoms with Gasteiger partial charge in [0.1, 0.15) is 0 Å². The Morgan fingerprint density at radius 2 is 1.96 bits per heavy atom. The van der Waals surface area contributed by atoms with Gasteiger partial charge in [0, 0.05) is 28.5 Å². The van der Waals surface area contributed by atoms with Crippen molar-refractivity contribution in [1.29, 1.82) is 0 Å². The molecule has 27 heavy (non-hydrogen) atoms. The standard InChI is InChI=1S/C20H21FN4OS/c1-4-14(18-13(3)25-11-27-18)8-24-20(26)17-7-15(6-5-12(17)2)19-22-9-16(21)10-23-19/h5-7,9-11,14H,4,8H2,1-3H3,(H,24,26)/t14-/m0/s1. The summed E-state index contributed by atoms with van der Waals surface area (Å²) in [6.45, 7) is 6.53. The number of hydrogen-bond donors (Lipinski definition) is 1. The fourth-order valence-electron chi connectivity index (χ4n) is 2.90. The fourth-order valence-corrected chi connectivity index (χ4v) is 3.89. The van der Waals surface area contributed by atoms with Gasteiger partial charge in [0.15, 0.2) is 11.6 Å². The molecule has 140 valence electrons. The van der Waals surface area contributed by atoms with Gasteiger partial charge in [-0.1, -0.05) is 19.1 Å². The largest absolute Gasteiger partial charge is 0.351 e. The Morgan fingerprint density at radius 1 is 1.22 bits per heavy atom. The minimum Gasteiger partial charge on any atom is -0.351 e. The monoisotopic (exact) mass is 384 g/mol. The Bertz CT molecular complexity index is 939. The molecule has 0 saturated heterocycles. The van der Waals surface area contributed by atoms with E-state index in [1.807, 2.05) is 31.5 Å². The van der Waals surface area contributed by atoms with Gasteiger partial charge in [0.25, 0.3) is 5.91 Å². The average Bonchev–Trinajstić information content (AvgIpc) is 3.09. The van der Waals surface area contributed by atoms with Gasteiger partial charge in [0.05, 0.1) is 23.6 Å². The Hall–Kier alpha value is -2.67. The summed E-state index contributed by atoms with van der Waals surface area (Å²) in [5.41, 5.74) is 4.96. The van der Waals surface area contributed by atoms with E-state index < -0.39 is 5.82 Å². The van der Waals surface area contributed by atoms with Gasteiger partial charge >= 0.3 is 0 Å². The quantitative estimate of drug-likeness (QED) is 0.689. The van der Waals surface area contributed by atoms with Crippen LogP contribution in [-0.4, -0.2) is 27.4 Å². The van der Waals surface area contributed by atoms with E-state index in [2.05, 4.69) is 27.2 Å². The molecule has 1 aromatic carbocycles. The molecule has 3 aromatic rings. The highest BCUT2D eigenvalue weighted by atomic mass is 32.1. The highest BCUT2D eigenvalue weighted by Crippen LogP contribution is 2.26. The number of rotatable bonds is 6. The summed E-state index contributed by atoms with van der Waals surface area (Å²) in [5, 5.41) is 3.03. The molecular formula is C20H21FN4OS. The number of carbonyl (C=O) groups is 1. The van der Waals surface area contributed by atoms with Gasteiger partial charge in [-0.3, -0.25) is 4.79 Å². The van der Waals surface area contributed by atoms with Crippen molar-refractivity contribution in [3.8, 4) is 11.4 Å². The molecule has 0 spiro atoms. The summed E-state index contributed by atoms with van der Waals surface area (Å²) >= 11 is 1.62. The number of nitrogens with zero attached hydrogens (tertiary/aromatic N) is 3. The van der Waals surface area contributed by atoms with Crippen molar-refractivity contribution in [3.05, 3.63) is 63.6 Å². The van der Waals surface area contributed by atoms with Gasteiger partial charge in [-0.2, -0.15) is 0 Å². The summed E-state index contributed by atoms with van der Waals surface area (Å²) in [6, 6.07) is 5.42. The molecule has 2 aromatic heterocycles. The molecule has 0 unspecified atom stereocenters. The molecule has 7 heteroatoms. The van der Waals surface area contributed by atoms with E-state index in [9.17, 15) is 9.18 Å². The average molecular weight is 384 g/mol. The first-order valence-corrected chi connectivity index (χ1v) is 9.64. The Labute approximate surface area is 161 Å². The number of amides is 1. The summed E-state index contributed by atoms with van der Waals surface area (Å²) in [7, 11) is 0. The van der Waals surface area contributed by atoms with Gasteiger partial charge in [-0.05, 0) is 31.9 Å². The molecule has 1 atom stereocenters. The molecule has 0 bridgehead atoms. The van der Waals surface area contributed by atoms with Gasteiger partial charge in [-0.25, -0.2) is 19.3 Å². The molecule has 0 saturated carbocycles. The molecule has 0 aliphatic carbocycles. The van der Waals surface area contributed by atoms with E-state index in [1.165, 1.54) is 4.88 Å². The number of benzene rings is 1. The van der Waals surface area contributed by atoms with Crippen LogP contribution in [0.4, 0.5) is 4.39 Å². The highest BCUT2D eigenvalue weighted by Gasteiger charge is 2.17. The second kappa shape index (κ2) is 8.35. The van der Waals surface area contributed by atoms with Crippen molar-refractivity contribution >= 4 is 17.2 Å². The Balaban J connectivity index is 1.77. The highest BCUT2D eigenvalue weighted by molar-refractivity contribution is 7.09. The number of aromatic nitrogens is 3. The second-order valence-corrected chi connectivity index (χ2v) is 7.26. The van der Waals surface area contributed by atoms with Crippen molar-refractivity contribution in [2.24, 2.45) is 0 Å². The zero-order chi connectivity index (χ0) is 19.4. The normalized spacial score (nSPS) is 12.0. The predicted octanol–water partition coefficient (Wildman–Crippen LogP) is 4.28. The summed E-state index contributed by atoms with van der Waals surface area (Å²) in [6.07, 6.45) is 3.15. The van der Waals surface area contributed by atoms with Crippen molar-refractivity contribution < 1.29 is 9.18 Å². The fraction of sp³-hybridized carbons (Fsp3) is 0.300. The van der Waals surface area contributed by atoms with Crippen molar-refractivity contribution in [1.82, 2.24) is 20.3 Å². The van der Waals surface area contributed by atoms with E-state index in [1.54, 1.807) is 17.4 Å². The summed E-state index contributed by atoms with van der Waals surface area (Å²) in [5.74, 6) is -0.00702. The third-order valence-corrected chi connectivity index (χ3v) is 5.61. The number of thiazole rings is 1. The maximum atomic E-state index is 13.0. The number of halogens is 1. The zero-order valence-electron chi connectivity index (χ0n) is 15.5. The van der Waals surface area contributed by atoms with Crippen molar-refractivity contribution in [2.45, 2.75) is 33.1 Å². The predicted molar refractivity (Wildman–Crippen MR) is 104 cm³/mol. The number of nitrogens with one attached hydrogen (secondary N) is 1. The topological polar surface area (TPSA) is 67.8 Å². The Kier molecular flexibility index (Phi) is 5.91. The number of hydrogen-bond acceptors (Lipinski definition) is 5. The molecule has 0 fully saturated rings. The zero-order valence-corrected chi connectivity index (χ0v) is 16.3. The minimum atomic E-state index is -0.493. The molecule has 0 aliphatic rings. The minimum absolute atomic E-state index is 0.142. The SMILES string of the molecule is CC[C@@H](CNC(=O)c1cc(-c2ncc(F)cn2)ccc1C)c1scnc1C. The molecule has 5 nitrogen and oxygen atoms in total. The van der Waals surface area contributed by atoms with Crippen molar-refractivity contribution in [3.63, 3.8) is 0 Å². The number of aryl methyl sites for hydroxylation is 2. The van der Waals surface area contributed by atoms with Crippen LogP contribution in [-0.2, 0) is 0 Å². The lowest BCUT2D eigenvalue weighted by Gasteiger charge is -2.16. The molecule has 0 radical (unpaired) electrons. The van der Waals surface area contributed by atoms with Gasteiger partial charge < -0.3 is 5.32 Å². The first kappa shape index (κ1) is 19.1. The van der Waals surface area contributed by atoms with Crippen LogP contribution in [0.25, 0.3) is 11.4 Å². The van der Waals surface area contributed by atoms with Crippen LogP contribution < -0.4 is 5.32 Å². The van der Waals surface area contributed by atoms with E-state index >= 15 is 0 Å². The summed E-state index contributed by atoms with van der Waals surface area (Å²) in [4.78, 5) is 26.2. The molecule has 2 heterocycles. The smallest absolute Gasteiger partial charge is 0.251 e. The van der Waals surface area contributed by atoms with Crippen LogP contribution in [0.15, 0.2) is 36.1 Å². The van der Waals surface area contributed by atoms with Gasteiger partial charge in [0.2, 0.25) is 0 Å². The third kappa shape index (κ3) is 4.36. The van der Waals surface area contributed by atoms with E-state index in [4.69, 9.17) is 0 Å². The van der Waals surface area contributed by atoms with Crippen LogP contribution in [0, 0.1) is 19.7 Å². The maximum Gasteiger partial charge on any atom is 0.251 e. The molecular weight excluding hydrogens is 363 g/mol. The number of carbonyl (C=O) groups excluding carboxylic acids is 1. The third-order valence-electron chi connectivity index (χ3n) is 4.52. The lowest BCUT2D eigenvalue weighted by molar-refractivity contribution is 0.0950. The van der Waals surface area contributed by atoms with Crippen LogP contribution in [0.3, 0.4) is 0 Å². The summed E-state index contributed by atoms with van der Waals surface area (Å²) < 4.78 is 13.0.